The molecule has 146 valence electrons. The van der Waals surface area contributed by atoms with E-state index in [1.54, 1.807) is 37.6 Å². The minimum absolute atomic E-state index is 0.0703. The third-order valence-corrected chi connectivity index (χ3v) is 4.08. The van der Waals surface area contributed by atoms with Gasteiger partial charge in [-0.2, -0.15) is 8.78 Å². The zero-order valence-electron chi connectivity index (χ0n) is 15.3. The van der Waals surface area contributed by atoms with Crippen LogP contribution in [0.15, 0.2) is 55.0 Å². The molecule has 0 spiro atoms. The minimum Gasteiger partial charge on any atom is -0.495 e. The molecule has 3 rings (SSSR count). The highest BCUT2D eigenvalue weighted by Crippen LogP contribution is 2.28. The zero-order chi connectivity index (χ0) is 20.1. The second kappa shape index (κ2) is 8.47. The van der Waals surface area contributed by atoms with Gasteiger partial charge in [0, 0.05) is 25.6 Å². The van der Waals surface area contributed by atoms with Crippen molar-refractivity contribution < 1.29 is 18.3 Å². The number of nitrogens with zero attached hydrogens (tertiary/aromatic N) is 4. The molecule has 0 saturated carbocycles. The van der Waals surface area contributed by atoms with Crippen LogP contribution in [0, 0.1) is 0 Å². The second-order valence-electron chi connectivity index (χ2n) is 5.91. The maximum absolute atomic E-state index is 13.0. The summed E-state index contributed by atoms with van der Waals surface area (Å²) in [6, 6.07) is 10.5. The van der Waals surface area contributed by atoms with E-state index >= 15 is 0 Å². The molecule has 0 aliphatic rings. The fraction of sp³-hybridized carbons (Fsp3) is 0.211. The van der Waals surface area contributed by atoms with Crippen LogP contribution in [0.5, 0.6) is 5.75 Å². The third-order valence-electron chi connectivity index (χ3n) is 4.08. The Labute approximate surface area is 160 Å². The first-order valence-corrected chi connectivity index (χ1v) is 8.41. The van der Waals surface area contributed by atoms with Crippen molar-refractivity contribution in [3.05, 3.63) is 66.4 Å². The van der Waals surface area contributed by atoms with E-state index in [1.165, 1.54) is 24.3 Å². The Kier molecular flexibility index (Phi) is 5.83. The number of anilines is 2. The minimum atomic E-state index is -2.72. The number of pyridine rings is 1. The Morgan fingerprint density at radius 3 is 2.75 bits per heavy atom. The number of aromatic nitrogens is 3. The van der Waals surface area contributed by atoms with Crippen LogP contribution < -0.4 is 10.1 Å². The molecule has 0 aliphatic heterocycles. The van der Waals surface area contributed by atoms with Crippen molar-refractivity contribution in [3.8, 4) is 5.75 Å². The van der Waals surface area contributed by atoms with Crippen LogP contribution >= 0.6 is 0 Å². The van der Waals surface area contributed by atoms with E-state index in [9.17, 15) is 13.6 Å². The van der Waals surface area contributed by atoms with Gasteiger partial charge in [-0.3, -0.25) is 9.36 Å². The van der Waals surface area contributed by atoms with Crippen molar-refractivity contribution in [2.24, 2.45) is 0 Å². The van der Waals surface area contributed by atoms with E-state index in [0.717, 1.165) is 4.57 Å². The van der Waals surface area contributed by atoms with Gasteiger partial charge in [0.15, 0.2) is 0 Å². The van der Waals surface area contributed by atoms with Gasteiger partial charge in [0.05, 0.1) is 24.9 Å². The van der Waals surface area contributed by atoms with E-state index < -0.39 is 6.55 Å². The number of carbonyl (C=O) groups is 1. The Morgan fingerprint density at radius 1 is 1.21 bits per heavy atom. The summed E-state index contributed by atoms with van der Waals surface area (Å²) in [5.41, 5.74) is 0.944. The first-order valence-electron chi connectivity index (χ1n) is 8.41. The van der Waals surface area contributed by atoms with Crippen LogP contribution in [0.1, 0.15) is 22.7 Å². The SMILES string of the molecule is COc1ccccc1Nc1ncccc1C(=O)N(C)Cc1nccn1C(F)F. The molecule has 0 atom stereocenters. The van der Waals surface area contributed by atoms with Crippen LogP contribution in [-0.4, -0.2) is 39.5 Å². The van der Waals surface area contributed by atoms with Crippen LogP contribution in [-0.2, 0) is 6.54 Å². The maximum atomic E-state index is 13.0. The summed E-state index contributed by atoms with van der Waals surface area (Å²) in [6.07, 6.45) is 4.01. The molecule has 1 aromatic carbocycles. The average Bonchev–Trinajstić information content (AvgIpc) is 3.16. The molecule has 0 bridgehead atoms. The first-order chi connectivity index (χ1) is 13.5. The maximum Gasteiger partial charge on any atom is 0.319 e. The predicted molar refractivity (Wildman–Crippen MR) is 99.8 cm³/mol. The average molecular weight is 387 g/mol. The molecule has 3 aromatic rings. The topological polar surface area (TPSA) is 72.3 Å². The molecule has 2 heterocycles. The lowest BCUT2D eigenvalue weighted by molar-refractivity contribution is 0.0612. The van der Waals surface area contributed by atoms with Crippen LogP contribution in [0.2, 0.25) is 0 Å². The first kappa shape index (κ1) is 19.3. The van der Waals surface area contributed by atoms with Gasteiger partial charge >= 0.3 is 6.55 Å². The number of alkyl halides is 2. The molecule has 1 amide bonds. The summed E-state index contributed by atoms with van der Waals surface area (Å²) in [6.45, 7) is -2.79. The molecule has 28 heavy (non-hydrogen) atoms. The van der Waals surface area contributed by atoms with E-state index in [2.05, 4.69) is 15.3 Å². The molecule has 0 fully saturated rings. The number of carbonyl (C=O) groups excluding carboxylic acids is 1. The standard InChI is InChI=1S/C19H19F2N5O2/c1-25(12-16-22-10-11-26(16)19(20)21)18(27)13-6-5-9-23-17(13)24-14-7-3-4-8-15(14)28-2/h3-11,19H,12H2,1-2H3,(H,23,24). The van der Waals surface area contributed by atoms with E-state index in [0.29, 0.717) is 22.8 Å². The van der Waals surface area contributed by atoms with Gasteiger partial charge in [0.1, 0.15) is 17.4 Å². The molecule has 9 heteroatoms. The number of hydrogen-bond donors (Lipinski definition) is 1. The van der Waals surface area contributed by atoms with Crippen LogP contribution in [0.25, 0.3) is 0 Å². The number of nitrogens with one attached hydrogen (secondary N) is 1. The molecule has 1 N–H and O–H groups in total. The Hall–Kier alpha value is -3.49. The van der Waals surface area contributed by atoms with Crippen LogP contribution in [0.3, 0.4) is 0 Å². The summed E-state index contributed by atoms with van der Waals surface area (Å²) in [5.74, 6) is 0.642. The lowest BCUT2D eigenvalue weighted by Crippen LogP contribution is -2.28. The summed E-state index contributed by atoms with van der Waals surface area (Å²) in [7, 11) is 3.07. The molecule has 0 aliphatic carbocycles. The summed E-state index contributed by atoms with van der Waals surface area (Å²) in [4.78, 5) is 22.4. The monoisotopic (exact) mass is 387 g/mol. The Bertz CT molecular complexity index is 961. The van der Waals surface area contributed by atoms with Gasteiger partial charge in [-0.25, -0.2) is 9.97 Å². The quantitative estimate of drug-likeness (QED) is 0.669. The highest BCUT2D eigenvalue weighted by atomic mass is 19.3. The highest BCUT2D eigenvalue weighted by molar-refractivity contribution is 5.99. The third kappa shape index (κ3) is 4.08. The van der Waals surface area contributed by atoms with Gasteiger partial charge in [-0.15, -0.1) is 0 Å². The number of imidazole rings is 1. The number of ether oxygens (including phenoxy) is 1. The van der Waals surface area contributed by atoms with E-state index in [-0.39, 0.29) is 18.3 Å². The van der Waals surface area contributed by atoms with Crippen molar-refractivity contribution >= 4 is 17.4 Å². The number of para-hydroxylation sites is 2. The normalized spacial score (nSPS) is 10.8. The predicted octanol–water partition coefficient (Wildman–Crippen LogP) is 3.70. The fourth-order valence-electron chi connectivity index (χ4n) is 2.69. The van der Waals surface area contributed by atoms with E-state index in [1.807, 2.05) is 12.1 Å². The van der Waals surface area contributed by atoms with Crippen molar-refractivity contribution in [1.82, 2.24) is 19.4 Å². The highest BCUT2D eigenvalue weighted by Gasteiger charge is 2.20. The largest absolute Gasteiger partial charge is 0.495 e. The zero-order valence-corrected chi connectivity index (χ0v) is 15.3. The van der Waals surface area contributed by atoms with Crippen molar-refractivity contribution in [1.29, 1.82) is 0 Å². The van der Waals surface area contributed by atoms with Crippen molar-refractivity contribution in [2.75, 3.05) is 19.5 Å². The Balaban J connectivity index is 1.83. The molecule has 0 saturated heterocycles. The van der Waals surface area contributed by atoms with Crippen LogP contribution in [0.4, 0.5) is 20.3 Å². The lowest BCUT2D eigenvalue weighted by Gasteiger charge is -2.19. The number of hydrogen-bond acceptors (Lipinski definition) is 5. The van der Waals surface area contributed by atoms with Crippen molar-refractivity contribution in [3.63, 3.8) is 0 Å². The number of benzene rings is 1. The smallest absolute Gasteiger partial charge is 0.319 e. The van der Waals surface area contributed by atoms with Gasteiger partial charge in [-0.05, 0) is 24.3 Å². The molecule has 2 aromatic heterocycles. The number of methoxy groups -OCH3 is 1. The van der Waals surface area contributed by atoms with Gasteiger partial charge in [-0.1, -0.05) is 12.1 Å². The lowest BCUT2D eigenvalue weighted by atomic mass is 10.2. The second-order valence-corrected chi connectivity index (χ2v) is 5.91. The fourth-order valence-corrected chi connectivity index (χ4v) is 2.69. The van der Waals surface area contributed by atoms with Gasteiger partial charge < -0.3 is 15.0 Å². The number of rotatable bonds is 7. The molecular weight excluding hydrogens is 368 g/mol. The van der Waals surface area contributed by atoms with E-state index in [4.69, 9.17) is 4.74 Å². The number of halogens is 2. The molecular formula is C19H19F2N5O2. The van der Waals surface area contributed by atoms with Crippen molar-refractivity contribution in [2.45, 2.75) is 13.1 Å². The molecule has 0 radical (unpaired) electrons. The molecule has 7 nitrogen and oxygen atoms in total. The number of amides is 1. The van der Waals surface area contributed by atoms with Gasteiger partial charge in [0.2, 0.25) is 0 Å². The summed E-state index contributed by atoms with van der Waals surface area (Å²) in [5, 5.41) is 3.09. The Morgan fingerprint density at radius 2 is 2.00 bits per heavy atom. The summed E-state index contributed by atoms with van der Waals surface area (Å²) < 4.78 is 32.0. The summed E-state index contributed by atoms with van der Waals surface area (Å²) >= 11 is 0. The van der Waals surface area contributed by atoms with Gasteiger partial charge in [0.25, 0.3) is 5.91 Å². The molecule has 0 unspecified atom stereocenters.